The van der Waals surface area contributed by atoms with E-state index in [-0.39, 0.29) is 53.7 Å². The second-order valence-corrected chi connectivity index (χ2v) is 10.8. The topological polar surface area (TPSA) is 146 Å². The van der Waals surface area contributed by atoms with Crippen LogP contribution in [0.2, 0.25) is 0 Å². The first-order chi connectivity index (χ1) is 16.1. The van der Waals surface area contributed by atoms with Gasteiger partial charge in [0.2, 0.25) is 23.6 Å². The molecule has 0 aromatic carbocycles. The van der Waals surface area contributed by atoms with Gasteiger partial charge in [0, 0.05) is 67.2 Å². The van der Waals surface area contributed by atoms with Crippen LogP contribution in [0.25, 0.3) is 0 Å². The van der Waals surface area contributed by atoms with E-state index in [0.29, 0.717) is 26.0 Å². The highest BCUT2D eigenvalue weighted by Gasteiger charge is 2.29. The molecule has 12 heteroatoms. The maximum atomic E-state index is 12.7. The first kappa shape index (κ1) is 33.0. The molecule has 0 aromatic rings. The monoisotopic (exact) mass is 611 g/mol. The average molecular weight is 612 g/mol. The minimum Gasteiger partial charge on any atom is -0.375 e. The van der Waals surface area contributed by atoms with Crippen molar-refractivity contribution in [1.29, 1.82) is 0 Å². The predicted octanol–water partition coefficient (Wildman–Crippen LogP) is 1.34. The Hall–Kier alpha value is -1.96. The molecule has 4 N–H and O–H groups in total. The van der Waals surface area contributed by atoms with E-state index in [1.165, 1.54) is 11.9 Å². The number of ether oxygens (including phenoxy) is 1. The molecule has 0 unspecified atom stereocenters. The van der Waals surface area contributed by atoms with Gasteiger partial charge in [0.1, 0.15) is 13.1 Å². The lowest BCUT2D eigenvalue weighted by Gasteiger charge is -2.29. The molecule has 0 saturated heterocycles. The molecule has 202 valence electrons. The third kappa shape index (κ3) is 15.6. The number of likely N-dealkylation sites (N-methyl/N-ethyl adjacent to an activating group) is 1. The van der Waals surface area contributed by atoms with E-state index in [1.54, 1.807) is 50.3 Å². The lowest BCUT2D eigenvalue weighted by Crippen LogP contribution is -2.47. The summed E-state index contributed by atoms with van der Waals surface area (Å²) in [5.74, 6) is -1.38. The van der Waals surface area contributed by atoms with Gasteiger partial charge in [0.25, 0.3) is 3.91 Å². The fourth-order valence-electron chi connectivity index (χ4n) is 2.94. The van der Waals surface area contributed by atoms with Crippen molar-refractivity contribution >= 4 is 50.1 Å². The van der Waals surface area contributed by atoms with Crippen LogP contribution in [0.5, 0.6) is 0 Å². The molecular weight excluding hydrogens is 569 g/mol. The van der Waals surface area contributed by atoms with Crippen LogP contribution >= 0.6 is 22.6 Å². The third-order valence-electron chi connectivity index (χ3n) is 5.20. The molecular formula is C23H42IN5O6. The zero-order chi connectivity index (χ0) is 27.2. The average Bonchev–Trinajstić information content (AvgIpc) is 2.71. The number of rotatable bonds is 16. The van der Waals surface area contributed by atoms with Gasteiger partial charge >= 0.3 is 0 Å². The lowest BCUT2D eigenvalue weighted by molar-refractivity contribution is -0.139. The molecule has 5 amide bonds. The Morgan fingerprint density at radius 2 is 1.51 bits per heavy atom. The van der Waals surface area contributed by atoms with E-state index in [9.17, 15) is 24.0 Å². The SMILES string of the molecule is CNC(=O)CN(CC(=O)NC(C)C)C(=O)CCNC(=O)C(C)(C)CCOC(C)(C)CCNC(=O)I. The van der Waals surface area contributed by atoms with E-state index in [4.69, 9.17) is 4.74 Å². The Bertz CT molecular complexity index is 742. The van der Waals surface area contributed by atoms with Crippen LogP contribution in [0.4, 0.5) is 4.79 Å². The van der Waals surface area contributed by atoms with Gasteiger partial charge in [-0.25, -0.2) is 0 Å². The quantitative estimate of drug-likeness (QED) is 0.118. The molecule has 0 bridgehead atoms. The summed E-state index contributed by atoms with van der Waals surface area (Å²) in [5, 5.41) is 10.6. The standard InChI is InChI=1S/C23H42IN5O6/c1-16(2)28-18(31)15-29(14-17(30)25-7)19(32)8-11-26-20(33)22(3,4)10-13-35-23(5,6)9-12-27-21(24)34/h16H,8-15H2,1-7H3,(H,25,30)(H,26,33)(H,27,34)(H,28,31). The Labute approximate surface area is 222 Å². The fraction of sp³-hybridized carbons (Fsp3) is 0.783. The minimum absolute atomic E-state index is 0.0418. The molecule has 0 rings (SSSR count). The summed E-state index contributed by atoms with van der Waals surface area (Å²) in [5.41, 5.74) is -1.18. The number of hydrogen-bond donors (Lipinski definition) is 4. The summed E-state index contributed by atoms with van der Waals surface area (Å²) in [7, 11) is 1.45. The minimum atomic E-state index is -0.728. The van der Waals surface area contributed by atoms with Gasteiger partial charge in [-0.05, 0) is 40.5 Å². The second-order valence-electron chi connectivity index (χ2n) is 9.84. The van der Waals surface area contributed by atoms with Crippen molar-refractivity contribution < 1.29 is 28.7 Å². The molecule has 0 aromatic heterocycles. The molecule has 0 aliphatic carbocycles. The maximum Gasteiger partial charge on any atom is 0.280 e. The van der Waals surface area contributed by atoms with Gasteiger partial charge in [-0.3, -0.25) is 24.0 Å². The van der Waals surface area contributed by atoms with E-state index < -0.39 is 16.9 Å². The molecule has 35 heavy (non-hydrogen) atoms. The van der Waals surface area contributed by atoms with Gasteiger partial charge in [-0.2, -0.15) is 0 Å². The van der Waals surface area contributed by atoms with Crippen molar-refractivity contribution in [3.63, 3.8) is 0 Å². The number of hydrogen-bond acceptors (Lipinski definition) is 6. The first-order valence-corrected chi connectivity index (χ1v) is 12.8. The third-order valence-corrected chi connectivity index (χ3v) is 5.58. The number of carbonyl (C=O) groups is 5. The summed E-state index contributed by atoms with van der Waals surface area (Å²) in [4.78, 5) is 61.3. The van der Waals surface area contributed by atoms with Crippen LogP contribution in [0, 0.1) is 5.41 Å². The molecule has 0 aliphatic rings. The zero-order valence-electron chi connectivity index (χ0n) is 22.0. The van der Waals surface area contributed by atoms with Gasteiger partial charge in [-0.1, -0.05) is 13.8 Å². The molecule has 0 saturated carbocycles. The summed E-state index contributed by atoms with van der Waals surface area (Å²) in [6, 6.07) is -0.0904. The number of carbonyl (C=O) groups excluding carboxylic acids is 5. The van der Waals surface area contributed by atoms with E-state index in [2.05, 4.69) is 21.3 Å². The maximum absolute atomic E-state index is 12.7. The Morgan fingerprint density at radius 1 is 0.914 bits per heavy atom. The van der Waals surface area contributed by atoms with E-state index in [1.807, 2.05) is 13.8 Å². The summed E-state index contributed by atoms with van der Waals surface area (Å²) < 4.78 is 5.79. The van der Waals surface area contributed by atoms with Gasteiger partial charge in [-0.15, -0.1) is 0 Å². The summed E-state index contributed by atoms with van der Waals surface area (Å²) >= 11 is 1.68. The Kier molecular flexibility index (Phi) is 15.0. The second kappa shape index (κ2) is 15.9. The predicted molar refractivity (Wildman–Crippen MR) is 142 cm³/mol. The van der Waals surface area contributed by atoms with Crippen molar-refractivity contribution in [3.05, 3.63) is 0 Å². The normalized spacial score (nSPS) is 11.6. The summed E-state index contributed by atoms with van der Waals surface area (Å²) in [6.45, 7) is 11.5. The van der Waals surface area contributed by atoms with Gasteiger partial charge < -0.3 is 30.9 Å². The number of halogens is 1. The van der Waals surface area contributed by atoms with Crippen molar-refractivity contribution in [2.45, 2.75) is 72.4 Å². The Balaban J connectivity index is 4.66. The number of nitrogens with one attached hydrogen (secondary N) is 4. The largest absolute Gasteiger partial charge is 0.375 e. The van der Waals surface area contributed by atoms with Crippen LogP contribution < -0.4 is 21.3 Å². The van der Waals surface area contributed by atoms with Gasteiger partial charge in [0.15, 0.2) is 0 Å². The molecule has 0 spiro atoms. The van der Waals surface area contributed by atoms with Crippen molar-refractivity contribution in [2.24, 2.45) is 5.41 Å². The molecule has 0 heterocycles. The molecule has 0 aliphatic heterocycles. The van der Waals surface area contributed by atoms with Crippen LogP contribution in [0.1, 0.15) is 60.8 Å². The van der Waals surface area contributed by atoms with Gasteiger partial charge in [0.05, 0.1) is 5.60 Å². The highest BCUT2D eigenvalue weighted by molar-refractivity contribution is 14.1. The van der Waals surface area contributed by atoms with Crippen molar-refractivity contribution in [1.82, 2.24) is 26.2 Å². The first-order valence-electron chi connectivity index (χ1n) is 11.7. The van der Waals surface area contributed by atoms with E-state index >= 15 is 0 Å². The summed E-state index contributed by atoms with van der Waals surface area (Å²) in [6.07, 6.45) is 1.06. The number of nitrogens with zero attached hydrogens (tertiary/aromatic N) is 1. The molecule has 0 atom stereocenters. The molecule has 0 radical (unpaired) electrons. The zero-order valence-corrected chi connectivity index (χ0v) is 24.2. The van der Waals surface area contributed by atoms with Crippen molar-refractivity contribution in [2.75, 3.05) is 39.8 Å². The molecule has 0 fully saturated rings. The smallest absolute Gasteiger partial charge is 0.280 e. The fourth-order valence-corrected chi connectivity index (χ4v) is 3.21. The Morgan fingerprint density at radius 3 is 2.06 bits per heavy atom. The van der Waals surface area contributed by atoms with Crippen LogP contribution in [0.15, 0.2) is 0 Å². The van der Waals surface area contributed by atoms with Crippen LogP contribution in [0.3, 0.4) is 0 Å². The van der Waals surface area contributed by atoms with Crippen molar-refractivity contribution in [3.8, 4) is 0 Å². The highest BCUT2D eigenvalue weighted by Crippen LogP contribution is 2.23. The van der Waals surface area contributed by atoms with E-state index in [0.717, 1.165) is 0 Å². The highest BCUT2D eigenvalue weighted by atomic mass is 127. The van der Waals surface area contributed by atoms with Crippen LogP contribution in [-0.2, 0) is 23.9 Å². The number of amides is 5. The van der Waals surface area contributed by atoms with Crippen LogP contribution in [-0.4, -0.2) is 83.9 Å². The molecule has 11 nitrogen and oxygen atoms in total. The lowest BCUT2D eigenvalue weighted by atomic mass is 9.88.